The number of nitrogens with two attached hydrogens (primary N) is 1. The Morgan fingerprint density at radius 3 is 2.43 bits per heavy atom. The van der Waals surface area contributed by atoms with Crippen LogP contribution in [0, 0.1) is 6.92 Å². The van der Waals surface area contributed by atoms with Crippen LogP contribution in [0.25, 0.3) is 11.3 Å². The molecule has 2 atom stereocenters. The highest BCUT2D eigenvalue weighted by molar-refractivity contribution is 7.70. The highest BCUT2D eigenvalue weighted by Crippen LogP contribution is 2.66. The van der Waals surface area contributed by atoms with Crippen LogP contribution in [0.15, 0.2) is 18.7 Å². The van der Waals surface area contributed by atoms with Crippen LogP contribution < -0.4 is 5.73 Å². The summed E-state index contributed by atoms with van der Waals surface area (Å²) in [6, 6.07) is 0. The van der Waals surface area contributed by atoms with Gasteiger partial charge >= 0.3 is 23.0 Å². The Kier molecular flexibility index (Phi) is 8.09. The number of imidazole rings is 1. The third kappa shape index (κ3) is 8.35. The second-order valence-electron chi connectivity index (χ2n) is 6.07. The molecule has 0 saturated heterocycles. The number of hydrogen-bond acceptors (Lipinski definition) is 11. The first-order valence-electron chi connectivity index (χ1n) is 8.23. The number of anilines is 1. The summed E-state index contributed by atoms with van der Waals surface area (Å²) < 4.78 is 55.3. The summed E-state index contributed by atoms with van der Waals surface area (Å²) >= 11 is 0. The number of rotatable bonds is 11. The minimum absolute atomic E-state index is 0.00786. The van der Waals surface area contributed by atoms with Gasteiger partial charge in [0.15, 0.2) is 0 Å². The van der Waals surface area contributed by atoms with E-state index in [1.165, 1.54) is 6.33 Å². The zero-order chi connectivity index (χ0) is 22.6. The average molecular weight is 485 g/mol. The molecule has 168 valence electrons. The van der Waals surface area contributed by atoms with E-state index in [0.29, 0.717) is 11.4 Å². The molecule has 2 aromatic rings. The van der Waals surface area contributed by atoms with Gasteiger partial charge in [0.1, 0.15) is 6.73 Å². The number of phosphoric acid groups is 1. The quantitative estimate of drug-likeness (QED) is 0.309. The fourth-order valence-corrected chi connectivity index (χ4v) is 6.92. The van der Waals surface area contributed by atoms with E-state index in [-0.39, 0.29) is 25.9 Å². The molecule has 0 spiro atoms. The van der Waals surface area contributed by atoms with Crippen LogP contribution in [0.1, 0.15) is 5.69 Å². The summed E-state index contributed by atoms with van der Waals surface area (Å²) in [7, 11) is -13.3. The molecule has 4 N–H and O–H groups in total. The molecule has 0 aliphatic carbocycles. The molecule has 30 heavy (non-hydrogen) atoms. The number of nitrogen functional groups attached to an aromatic ring is 1. The van der Waals surface area contributed by atoms with Crippen LogP contribution in [0.3, 0.4) is 0 Å². The van der Waals surface area contributed by atoms with E-state index < -0.39 is 23.0 Å². The van der Waals surface area contributed by atoms with Crippen LogP contribution in [-0.2, 0) is 38.3 Å². The second kappa shape index (κ2) is 9.78. The Morgan fingerprint density at radius 2 is 1.80 bits per heavy atom. The molecule has 17 heteroatoms. The third-order valence-corrected chi connectivity index (χ3v) is 8.31. The molecule has 0 saturated carbocycles. The van der Waals surface area contributed by atoms with Crippen LogP contribution in [0.2, 0.25) is 0 Å². The Bertz CT molecular complexity index is 1020. The monoisotopic (exact) mass is 485 g/mol. The van der Waals surface area contributed by atoms with Gasteiger partial charge in [-0.3, -0.25) is 9.13 Å². The smallest absolute Gasteiger partial charge is 0.368 e. The van der Waals surface area contributed by atoms with E-state index in [0.717, 1.165) is 18.9 Å². The van der Waals surface area contributed by atoms with Crippen LogP contribution in [0.5, 0.6) is 0 Å². The summed E-state index contributed by atoms with van der Waals surface area (Å²) in [5, 5.41) is 0. The molecule has 0 amide bonds. The van der Waals surface area contributed by atoms with E-state index in [1.54, 1.807) is 23.9 Å². The lowest BCUT2D eigenvalue weighted by Gasteiger charge is -2.19. The van der Waals surface area contributed by atoms with Crippen molar-refractivity contribution in [2.45, 2.75) is 13.7 Å². The normalized spacial score (nSPS) is 16.2. The summed E-state index contributed by atoms with van der Waals surface area (Å²) in [5.41, 5.74) is 7.55. The molecule has 2 unspecified atom stereocenters. The maximum Gasteiger partial charge on any atom is 0.476 e. The predicted molar refractivity (Wildman–Crippen MR) is 106 cm³/mol. The Morgan fingerprint density at radius 1 is 1.10 bits per heavy atom. The van der Waals surface area contributed by atoms with E-state index in [1.807, 2.05) is 0 Å². The average Bonchev–Trinajstić information content (AvgIpc) is 2.99. The Hall–Kier alpha value is -1.46. The highest BCUT2D eigenvalue weighted by atomic mass is 31.3. The lowest BCUT2D eigenvalue weighted by molar-refractivity contribution is 0.0518. The van der Waals surface area contributed by atoms with Crippen molar-refractivity contribution in [2.24, 2.45) is 0 Å². The minimum atomic E-state index is -5.08. The molecule has 14 nitrogen and oxygen atoms in total. The van der Waals surface area contributed by atoms with Crippen LogP contribution in [0.4, 0.5) is 5.95 Å². The van der Waals surface area contributed by atoms with E-state index in [2.05, 4.69) is 23.6 Å². The number of hydrogen-bond donors (Lipinski definition) is 3. The van der Waals surface area contributed by atoms with Crippen LogP contribution >= 0.6 is 23.0 Å². The van der Waals surface area contributed by atoms with E-state index in [4.69, 9.17) is 24.8 Å². The van der Waals surface area contributed by atoms with Crippen molar-refractivity contribution >= 4 is 29.0 Å². The zero-order valence-corrected chi connectivity index (χ0v) is 19.0. The topological polar surface area (TPSA) is 198 Å². The number of ether oxygens (including phenoxy) is 1. The van der Waals surface area contributed by atoms with Crippen molar-refractivity contribution in [3.8, 4) is 11.3 Å². The molecule has 2 rings (SSSR count). The lowest BCUT2D eigenvalue weighted by atomic mass is 10.2. The Labute approximate surface area is 172 Å². The molecule has 2 heterocycles. The molecule has 0 aliphatic rings. The van der Waals surface area contributed by atoms with Crippen molar-refractivity contribution < 1.29 is 41.4 Å². The van der Waals surface area contributed by atoms with Crippen molar-refractivity contribution in [1.29, 1.82) is 0 Å². The minimum Gasteiger partial charge on any atom is -0.368 e. The maximum atomic E-state index is 12.1. The van der Waals surface area contributed by atoms with Gasteiger partial charge in [0.2, 0.25) is 5.95 Å². The van der Waals surface area contributed by atoms with Crippen molar-refractivity contribution in [2.75, 3.05) is 32.3 Å². The first kappa shape index (κ1) is 24.8. The van der Waals surface area contributed by atoms with Gasteiger partial charge < -0.3 is 29.3 Å². The fraction of sp³-hybridized carbons (Fsp3) is 0.462. The van der Waals surface area contributed by atoms with Gasteiger partial charge in [-0.2, -0.15) is 0 Å². The van der Waals surface area contributed by atoms with Crippen LogP contribution in [-0.4, -0.2) is 55.8 Å². The first-order chi connectivity index (χ1) is 13.8. The van der Waals surface area contributed by atoms with Gasteiger partial charge in [-0.1, -0.05) is 0 Å². The standard InChI is InChI=1S/C13H22N5O9P3/c1-10-11(6-15-13(14)17-10)12-7-18(8-16-12)9-24-4-5-25-28(2,19)26-29(3,20)27-30(21,22)23/h6-8H,4-5,9H2,1-3H3,(H2,14,15,17)(H2,21,22,23). The number of aryl methyl sites for hydroxylation is 1. The van der Waals surface area contributed by atoms with Gasteiger partial charge in [0.05, 0.1) is 30.9 Å². The van der Waals surface area contributed by atoms with E-state index >= 15 is 0 Å². The molecule has 0 aliphatic heterocycles. The maximum absolute atomic E-state index is 12.1. The molecule has 0 radical (unpaired) electrons. The van der Waals surface area contributed by atoms with Gasteiger partial charge in [0.25, 0.3) is 0 Å². The first-order valence-corrected chi connectivity index (χ1v) is 13.7. The highest BCUT2D eigenvalue weighted by Gasteiger charge is 2.35. The molecular weight excluding hydrogens is 463 g/mol. The molecule has 0 fully saturated rings. The summed E-state index contributed by atoms with van der Waals surface area (Å²) in [5.74, 6) is 0.170. The van der Waals surface area contributed by atoms with Crippen molar-refractivity contribution in [3.05, 3.63) is 24.4 Å². The van der Waals surface area contributed by atoms with Crippen molar-refractivity contribution in [3.63, 3.8) is 0 Å². The van der Waals surface area contributed by atoms with Gasteiger partial charge in [-0.15, -0.1) is 0 Å². The summed E-state index contributed by atoms with van der Waals surface area (Å²) in [6.45, 7) is 3.44. The zero-order valence-electron chi connectivity index (χ0n) is 16.3. The summed E-state index contributed by atoms with van der Waals surface area (Å²) in [6.07, 6.45) is 4.82. The van der Waals surface area contributed by atoms with Gasteiger partial charge in [0, 0.05) is 31.3 Å². The molecule has 0 bridgehead atoms. The second-order valence-corrected chi connectivity index (χ2v) is 11.7. The van der Waals surface area contributed by atoms with Gasteiger partial charge in [-0.25, -0.2) is 28.1 Å². The SMILES string of the molecule is Cc1nc(N)ncc1-c1cn(COCCOP(C)(=O)OP(C)(=O)OP(=O)(O)O)cn1. The number of aromatic nitrogens is 4. The third-order valence-electron chi connectivity index (χ3n) is 3.25. The fourth-order valence-electron chi connectivity index (χ4n) is 2.24. The predicted octanol–water partition coefficient (Wildman–Crippen LogP) is 1.99. The van der Waals surface area contributed by atoms with E-state index in [9.17, 15) is 13.7 Å². The molecule has 2 aromatic heterocycles. The summed E-state index contributed by atoms with van der Waals surface area (Å²) in [4.78, 5) is 29.6. The molecular formula is C13H22N5O9P3. The molecule has 0 aromatic carbocycles. The largest absolute Gasteiger partial charge is 0.476 e. The Balaban J connectivity index is 1.79. The lowest BCUT2D eigenvalue weighted by Crippen LogP contribution is -2.07. The van der Waals surface area contributed by atoms with Gasteiger partial charge in [-0.05, 0) is 6.92 Å². The number of nitrogens with zero attached hydrogens (tertiary/aromatic N) is 4. The van der Waals surface area contributed by atoms with Crippen molar-refractivity contribution in [1.82, 2.24) is 19.5 Å².